The normalized spacial score (nSPS) is 11.8. The first-order chi connectivity index (χ1) is 23.3. The lowest BCUT2D eigenvalue weighted by Crippen LogP contribution is -1.85. The summed E-state index contributed by atoms with van der Waals surface area (Å²) < 4.78 is 6.53. The second-order valence-electron chi connectivity index (χ2n) is 12.5. The van der Waals surface area contributed by atoms with Crippen molar-refractivity contribution in [1.82, 2.24) is 0 Å². The topological polar surface area (TPSA) is 13.1 Å². The zero-order valence-corrected chi connectivity index (χ0v) is 25.6. The van der Waals surface area contributed by atoms with Gasteiger partial charge in [0.05, 0.1) is 0 Å². The van der Waals surface area contributed by atoms with E-state index in [9.17, 15) is 0 Å². The molecule has 0 saturated carbocycles. The zero-order valence-electron chi connectivity index (χ0n) is 25.6. The number of furan rings is 1. The van der Waals surface area contributed by atoms with E-state index in [0.717, 1.165) is 33.1 Å². The minimum atomic E-state index is 0.907. The molecular formula is C46H28O. The minimum absolute atomic E-state index is 0.907. The Morgan fingerprint density at radius 3 is 1.64 bits per heavy atom. The van der Waals surface area contributed by atoms with Gasteiger partial charge in [0.15, 0.2) is 0 Å². The molecule has 9 aromatic carbocycles. The highest BCUT2D eigenvalue weighted by atomic mass is 16.3. The lowest BCUT2D eigenvalue weighted by molar-refractivity contribution is 0.669. The Kier molecular flexibility index (Phi) is 5.64. The summed E-state index contributed by atoms with van der Waals surface area (Å²) in [7, 11) is 0. The fourth-order valence-electron chi connectivity index (χ4n) is 7.49. The van der Waals surface area contributed by atoms with Crippen molar-refractivity contribution in [3.63, 3.8) is 0 Å². The maximum atomic E-state index is 6.53. The summed E-state index contributed by atoms with van der Waals surface area (Å²) in [6.07, 6.45) is 0. The van der Waals surface area contributed by atoms with E-state index in [0.29, 0.717) is 0 Å². The predicted octanol–water partition coefficient (Wildman–Crippen LogP) is 13.2. The van der Waals surface area contributed by atoms with Gasteiger partial charge in [-0.3, -0.25) is 0 Å². The van der Waals surface area contributed by atoms with Crippen LogP contribution in [0.3, 0.4) is 0 Å². The lowest BCUT2D eigenvalue weighted by atomic mass is 9.92. The van der Waals surface area contributed by atoms with E-state index >= 15 is 0 Å². The molecule has 0 saturated heterocycles. The summed E-state index contributed by atoms with van der Waals surface area (Å²) >= 11 is 0. The highest BCUT2D eigenvalue weighted by molar-refractivity contribution is 6.14. The lowest BCUT2D eigenvalue weighted by Gasteiger charge is -2.12. The van der Waals surface area contributed by atoms with Crippen LogP contribution in [0.2, 0.25) is 0 Å². The van der Waals surface area contributed by atoms with E-state index in [4.69, 9.17) is 4.42 Å². The quantitative estimate of drug-likeness (QED) is 0.185. The summed E-state index contributed by atoms with van der Waals surface area (Å²) in [6, 6.07) is 61.6. The van der Waals surface area contributed by atoms with E-state index in [1.165, 1.54) is 65.3 Å². The van der Waals surface area contributed by atoms with Crippen LogP contribution in [0.5, 0.6) is 0 Å². The van der Waals surface area contributed by atoms with Crippen molar-refractivity contribution in [3.8, 4) is 33.4 Å². The monoisotopic (exact) mass is 596 g/mol. The molecule has 0 bridgehead atoms. The largest absolute Gasteiger partial charge is 0.456 e. The van der Waals surface area contributed by atoms with Crippen molar-refractivity contribution in [2.24, 2.45) is 0 Å². The molecule has 0 aliphatic heterocycles. The smallest absolute Gasteiger partial charge is 0.136 e. The van der Waals surface area contributed by atoms with Gasteiger partial charge in [-0.15, -0.1) is 0 Å². The van der Waals surface area contributed by atoms with Gasteiger partial charge in [-0.25, -0.2) is 0 Å². The summed E-state index contributed by atoms with van der Waals surface area (Å²) in [5, 5.41) is 12.3. The molecule has 0 atom stereocenters. The van der Waals surface area contributed by atoms with Crippen LogP contribution in [0, 0.1) is 0 Å². The van der Waals surface area contributed by atoms with E-state index in [1.807, 2.05) is 0 Å². The van der Waals surface area contributed by atoms with Crippen LogP contribution in [0.15, 0.2) is 174 Å². The van der Waals surface area contributed by atoms with Crippen molar-refractivity contribution in [3.05, 3.63) is 170 Å². The molecule has 10 aromatic rings. The van der Waals surface area contributed by atoms with E-state index in [2.05, 4.69) is 170 Å². The van der Waals surface area contributed by atoms with Gasteiger partial charge in [0.2, 0.25) is 0 Å². The Hall–Kier alpha value is -6.18. The third kappa shape index (κ3) is 4.17. The molecule has 218 valence electrons. The van der Waals surface area contributed by atoms with Crippen LogP contribution in [0.4, 0.5) is 0 Å². The van der Waals surface area contributed by atoms with Crippen molar-refractivity contribution in [1.29, 1.82) is 0 Å². The molecule has 0 aliphatic rings. The van der Waals surface area contributed by atoms with Gasteiger partial charge in [0.25, 0.3) is 0 Å². The molecule has 0 aliphatic carbocycles. The molecule has 1 nitrogen and oxygen atoms in total. The van der Waals surface area contributed by atoms with Crippen molar-refractivity contribution in [2.75, 3.05) is 0 Å². The number of benzene rings is 9. The molecular weight excluding hydrogens is 569 g/mol. The SMILES string of the molecule is c1ccc2c(-c3ccc4c(c3)oc3cc(-c5ccc6ccc(-c7cc8ccccc8c8ccccc78)cc6c5)ccc34)cccc2c1. The molecule has 0 fully saturated rings. The van der Waals surface area contributed by atoms with Crippen LogP contribution in [0.25, 0.3) is 98.4 Å². The molecule has 0 radical (unpaired) electrons. The molecule has 0 N–H and O–H groups in total. The van der Waals surface area contributed by atoms with Crippen molar-refractivity contribution >= 4 is 65.0 Å². The molecule has 0 spiro atoms. The highest BCUT2D eigenvalue weighted by Gasteiger charge is 2.13. The van der Waals surface area contributed by atoms with Gasteiger partial charge >= 0.3 is 0 Å². The Bertz CT molecular complexity index is 2850. The van der Waals surface area contributed by atoms with Gasteiger partial charge in [0, 0.05) is 10.8 Å². The molecule has 1 heterocycles. The van der Waals surface area contributed by atoms with Crippen LogP contribution in [-0.4, -0.2) is 0 Å². The number of fused-ring (bicyclic) bond motifs is 8. The third-order valence-corrected chi connectivity index (χ3v) is 9.83. The van der Waals surface area contributed by atoms with Gasteiger partial charge < -0.3 is 4.42 Å². The Morgan fingerprint density at radius 2 is 0.809 bits per heavy atom. The Morgan fingerprint density at radius 1 is 0.255 bits per heavy atom. The van der Waals surface area contributed by atoms with Gasteiger partial charge in [-0.05, 0) is 119 Å². The fraction of sp³-hybridized carbons (Fsp3) is 0. The average molecular weight is 597 g/mol. The zero-order chi connectivity index (χ0) is 30.9. The second kappa shape index (κ2) is 10.2. The maximum absolute atomic E-state index is 6.53. The van der Waals surface area contributed by atoms with E-state index < -0.39 is 0 Å². The molecule has 0 amide bonds. The first kappa shape index (κ1) is 26.1. The minimum Gasteiger partial charge on any atom is -0.456 e. The fourth-order valence-corrected chi connectivity index (χ4v) is 7.49. The number of hydrogen-bond acceptors (Lipinski definition) is 1. The van der Waals surface area contributed by atoms with Gasteiger partial charge in [-0.1, -0.05) is 127 Å². The molecule has 47 heavy (non-hydrogen) atoms. The van der Waals surface area contributed by atoms with Crippen LogP contribution in [-0.2, 0) is 0 Å². The van der Waals surface area contributed by atoms with E-state index in [-0.39, 0.29) is 0 Å². The van der Waals surface area contributed by atoms with Crippen LogP contribution < -0.4 is 0 Å². The van der Waals surface area contributed by atoms with E-state index in [1.54, 1.807) is 0 Å². The first-order valence-corrected chi connectivity index (χ1v) is 16.2. The Labute approximate surface area is 271 Å². The van der Waals surface area contributed by atoms with Crippen LogP contribution >= 0.6 is 0 Å². The molecule has 0 unspecified atom stereocenters. The number of hydrogen-bond donors (Lipinski definition) is 0. The van der Waals surface area contributed by atoms with Crippen molar-refractivity contribution < 1.29 is 4.42 Å². The van der Waals surface area contributed by atoms with Gasteiger partial charge in [0.1, 0.15) is 11.2 Å². The predicted molar refractivity (Wildman–Crippen MR) is 200 cm³/mol. The summed E-state index contributed by atoms with van der Waals surface area (Å²) in [4.78, 5) is 0. The summed E-state index contributed by atoms with van der Waals surface area (Å²) in [5.41, 5.74) is 9.02. The second-order valence-corrected chi connectivity index (χ2v) is 12.5. The summed E-state index contributed by atoms with van der Waals surface area (Å²) in [5.74, 6) is 0. The third-order valence-electron chi connectivity index (χ3n) is 9.83. The summed E-state index contributed by atoms with van der Waals surface area (Å²) in [6.45, 7) is 0. The highest BCUT2D eigenvalue weighted by Crippen LogP contribution is 2.39. The van der Waals surface area contributed by atoms with Crippen LogP contribution in [0.1, 0.15) is 0 Å². The molecule has 1 aromatic heterocycles. The maximum Gasteiger partial charge on any atom is 0.136 e. The number of rotatable bonds is 3. The first-order valence-electron chi connectivity index (χ1n) is 16.2. The molecule has 1 heteroatoms. The van der Waals surface area contributed by atoms with Crippen molar-refractivity contribution in [2.45, 2.75) is 0 Å². The average Bonchev–Trinajstić information content (AvgIpc) is 3.51. The molecule has 10 rings (SSSR count). The van der Waals surface area contributed by atoms with Gasteiger partial charge in [-0.2, -0.15) is 0 Å². The standard InChI is InChI=1S/C46H28O/c1-3-11-37-30(8-1)10-7-15-38(37)35-21-23-43-42-22-20-32(27-45(42)47-46(43)28-35)31-18-16-29-17-19-34(25-36(29)24-31)44-26-33-9-2-4-12-39(33)40-13-5-6-14-41(40)44/h1-28H. The Balaban J connectivity index is 1.07.